The largest absolute Gasteiger partial charge is 0.305 e. The molecule has 0 unspecified atom stereocenters. The minimum absolute atomic E-state index is 0.0429. The minimum atomic E-state index is -0.259. The van der Waals surface area contributed by atoms with Gasteiger partial charge in [-0.15, -0.1) is 0 Å². The van der Waals surface area contributed by atoms with Crippen molar-refractivity contribution in [3.05, 3.63) is 62.8 Å². The molecule has 0 fully saturated rings. The quantitative estimate of drug-likeness (QED) is 0.780. The molecule has 2 aromatic heterocycles. The number of hydrogen-bond donors (Lipinski definition) is 1. The highest BCUT2D eigenvalue weighted by molar-refractivity contribution is 7.16. The van der Waals surface area contributed by atoms with Crippen LogP contribution >= 0.6 is 11.3 Å². The number of halogens is 1. The van der Waals surface area contributed by atoms with Crippen LogP contribution in [0.2, 0.25) is 0 Å². The Morgan fingerprint density at radius 3 is 2.96 bits per heavy atom. The van der Waals surface area contributed by atoms with E-state index in [1.54, 1.807) is 6.07 Å². The highest BCUT2D eigenvalue weighted by atomic mass is 32.1. The normalized spacial score (nSPS) is 12.7. The first-order chi connectivity index (χ1) is 11.1. The summed E-state index contributed by atoms with van der Waals surface area (Å²) in [7, 11) is 0. The van der Waals surface area contributed by atoms with Crippen molar-refractivity contribution in [3.8, 4) is 0 Å². The number of aromatic nitrogens is 3. The second kappa shape index (κ2) is 6.55. The van der Waals surface area contributed by atoms with Crippen molar-refractivity contribution in [2.24, 2.45) is 0 Å². The van der Waals surface area contributed by atoms with Gasteiger partial charge in [0.1, 0.15) is 10.8 Å². The second-order valence-corrected chi connectivity index (χ2v) is 6.33. The predicted molar refractivity (Wildman–Crippen MR) is 88.2 cm³/mol. The summed E-state index contributed by atoms with van der Waals surface area (Å²) in [6.45, 7) is 4.37. The third-order valence-corrected chi connectivity index (χ3v) is 4.63. The lowest BCUT2D eigenvalue weighted by Gasteiger charge is -2.13. The van der Waals surface area contributed by atoms with Gasteiger partial charge in [0.25, 0.3) is 5.56 Å². The molecule has 23 heavy (non-hydrogen) atoms. The van der Waals surface area contributed by atoms with Crippen molar-refractivity contribution in [3.63, 3.8) is 0 Å². The van der Waals surface area contributed by atoms with Gasteiger partial charge in [0, 0.05) is 18.7 Å². The second-order valence-electron chi connectivity index (χ2n) is 5.29. The molecule has 0 aliphatic rings. The van der Waals surface area contributed by atoms with Crippen LogP contribution in [0.3, 0.4) is 0 Å². The number of rotatable bonds is 5. The molecule has 0 spiro atoms. The topological polar surface area (TPSA) is 59.3 Å². The van der Waals surface area contributed by atoms with E-state index in [2.05, 4.69) is 15.4 Å². The van der Waals surface area contributed by atoms with E-state index in [1.807, 2.05) is 19.9 Å². The van der Waals surface area contributed by atoms with Crippen molar-refractivity contribution in [2.75, 3.05) is 0 Å². The molecule has 0 saturated carbocycles. The van der Waals surface area contributed by atoms with Gasteiger partial charge in [-0.25, -0.2) is 9.37 Å². The van der Waals surface area contributed by atoms with E-state index in [4.69, 9.17) is 0 Å². The van der Waals surface area contributed by atoms with Crippen molar-refractivity contribution in [1.29, 1.82) is 0 Å². The van der Waals surface area contributed by atoms with Gasteiger partial charge in [0.2, 0.25) is 4.96 Å². The van der Waals surface area contributed by atoms with E-state index in [-0.39, 0.29) is 17.4 Å². The Hall–Kier alpha value is -2.12. The standard InChI is InChI=1S/C16H17FN4OS/c1-3-14-20-21-15(22)8-13(19-16(21)23-14)9-18-10(2)11-5-4-6-12(17)7-11/h4-8,10,18H,3,9H2,1-2H3/t10-/m1/s1. The number of benzene rings is 1. The third kappa shape index (κ3) is 3.46. The van der Waals surface area contributed by atoms with Gasteiger partial charge < -0.3 is 5.32 Å². The first kappa shape index (κ1) is 15.8. The fourth-order valence-electron chi connectivity index (χ4n) is 2.28. The lowest BCUT2D eigenvalue weighted by atomic mass is 10.1. The van der Waals surface area contributed by atoms with E-state index < -0.39 is 0 Å². The summed E-state index contributed by atoms with van der Waals surface area (Å²) in [6.07, 6.45) is 0.775. The molecular weight excluding hydrogens is 315 g/mol. The Bertz CT molecular complexity index is 889. The molecule has 0 bridgehead atoms. The van der Waals surface area contributed by atoms with Gasteiger partial charge in [-0.1, -0.05) is 30.4 Å². The maximum atomic E-state index is 13.3. The van der Waals surface area contributed by atoms with E-state index in [1.165, 1.54) is 34.1 Å². The van der Waals surface area contributed by atoms with Crippen LogP contribution in [0, 0.1) is 5.82 Å². The summed E-state index contributed by atoms with van der Waals surface area (Å²) < 4.78 is 14.6. The Labute approximate surface area is 136 Å². The summed E-state index contributed by atoms with van der Waals surface area (Å²) in [5.74, 6) is -0.259. The number of aryl methyl sites for hydroxylation is 1. The zero-order valence-electron chi connectivity index (χ0n) is 12.9. The smallest absolute Gasteiger partial charge is 0.275 e. The van der Waals surface area contributed by atoms with Gasteiger partial charge in [-0.2, -0.15) is 9.61 Å². The molecule has 7 heteroatoms. The number of fused-ring (bicyclic) bond motifs is 1. The summed E-state index contributed by atoms with van der Waals surface area (Å²) in [5, 5.41) is 8.37. The van der Waals surface area contributed by atoms with Crippen LogP contribution in [0.4, 0.5) is 4.39 Å². The molecule has 2 heterocycles. The summed E-state index contributed by atoms with van der Waals surface area (Å²) in [6, 6.07) is 7.91. The Balaban J connectivity index is 1.77. The van der Waals surface area contributed by atoms with Gasteiger partial charge >= 0.3 is 0 Å². The number of hydrogen-bond acceptors (Lipinski definition) is 5. The van der Waals surface area contributed by atoms with Gasteiger partial charge in [0.05, 0.1) is 5.69 Å². The molecule has 0 aliphatic heterocycles. The fraction of sp³-hybridized carbons (Fsp3) is 0.312. The van der Waals surface area contributed by atoms with Crippen LogP contribution in [0.1, 0.15) is 36.2 Å². The maximum Gasteiger partial charge on any atom is 0.275 e. The summed E-state index contributed by atoms with van der Waals surface area (Å²) >= 11 is 1.42. The molecule has 1 aromatic carbocycles. The molecule has 1 atom stereocenters. The predicted octanol–water partition coefficient (Wildman–Crippen LogP) is 2.70. The summed E-state index contributed by atoms with van der Waals surface area (Å²) in [5.41, 5.74) is 1.33. The van der Waals surface area contributed by atoms with Crippen LogP contribution < -0.4 is 10.9 Å². The Morgan fingerprint density at radius 2 is 2.22 bits per heavy atom. The van der Waals surface area contributed by atoms with Crippen molar-refractivity contribution < 1.29 is 4.39 Å². The zero-order chi connectivity index (χ0) is 16.4. The zero-order valence-corrected chi connectivity index (χ0v) is 13.7. The SMILES string of the molecule is CCc1nn2c(=O)cc(CN[C@H](C)c3cccc(F)c3)nc2s1. The van der Waals surface area contributed by atoms with Crippen LogP contribution in [-0.2, 0) is 13.0 Å². The molecule has 0 amide bonds. The van der Waals surface area contributed by atoms with Gasteiger partial charge in [-0.05, 0) is 31.0 Å². The monoisotopic (exact) mass is 332 g/mol. The minimum Gasteiger partial charge on any atom is -0.305 e. The molecule has 3 aromatic rings. The third-order valence-electron chi connectivity index (χ3n) is 3.58. The van der Waals surface area contributed by atoms with Crippen molar-refractivity contribution in [1.82, 2.24) is 19.9 Å². The highest BCUT2D eigenvalue weighted by Crippen LogP contribution is 2.15. The van der Waals surface area contributed by atoms with E-state index in [0.717, 1.165) is 17.0 Å². The first-order valence-corrected chi connectivity index (χ1v) is 8.26. The van der Waals surface area contributed by atoms with E-state index in [9.17, 15) is 9.18 Å². The van der Waals surface area contributed by atoms with Gasteiger partial charge in [0.15, 0.2) is 0 Å². The van der Waals surface area contributed by atoms with Crippen molar-refractivity contribution in [2.45, 2.75) is 32.9 Å². The molecule has 0 aliphatic carbocycles. The van der Waals surface area contributed by atoms with E-state index in [0.29, 0.717) is 17.2 Å². The molecular formula is C16H17FN4OS. The van der Waals surface area contributed by atoms with Crippen LogP contribution in [-0.4, -0.2) is 14.6 Å². The summed E-state index contributed by atoms with van der Waals surface area (Å²) in [4.78, 5) is 17.1. The Kier molecular flexibility index (Phi) is 4.49. The molecule has 0 saturated heterocycles. The van der Waals surface area contributed by atoms with Crippen LogP contribution in [0.5, 0.6) is 0 Å². The van der Waals surface area contributed by atoms with Crippen molar-refractivity contribution >= 4 is 16.3 Å². The molecule has 1 N–H and O–H groups in total. The molecule has 0 radical (unpaired) electrons. The molecule has 3 rings (SSSR count). The lowest BCUT2D eigenvalue weighted by Crippen LogP contribution is -2.22. The molecule has 5 nitrogen and oxygen atoms in total. The highest BCUT2D eigenvalue weighted by Gasteiger charge is 2.10. The lowest BCUT2D eigenvalue weighted by molar-refractivity contribution is 0.559. The molecule has 120 valence electrons. The average molecular weight is 332 g/mol. The number of nitrogens with zero attached hydrogens (tertiary/aromatic N) is 3. The average Bonchev–Trinajstić information content (AvgIpc) is 2.96. The number of nitrogens with one attached hydrogen (secondary N) is 1. The van der Waals surface area contributed by atoms with Crippen LogP contribution in [0.15, 0.2) is 35.1 Å². The Morgan fingerprint density at radius 1 is 1.39 bits per heavy atom. The fourth-order valence-corrected chi connectivity index (χ4v) is 3.14. The van der Waals surface area contributed by atoms with E-state index >= 15 is 0 Å². The van der Waals surface area contributed by atoms with Crippen LogP contribution in [0.25, 0.3) is 4.96 Å². The maximum absolute atomic E-state index is 13.3. The first-order valence-electron chi connectivity index (χ1n) is 7.44. The van der Waals surface area contributed by atoms with Gasteiger partial charge in [-0.3, -0.25) is 4.79 Å².